The van der Waals surface area contributed by atoms with Crippen LogP contribution in [0.5, 0.6) is 23.0 Å². The highest BCUT2D eigenvalue weighted by molar-refractivity contribution is 6.02. The van der Waals surface area contributed by atoms with Crippen LogP contribution in [0.15, 0.2) is 194 Å². The standard InChI is InChI=1S/C96H86N4O20/c1-9-109-89(101)65-41-57(42-66(49-65)90(102)110-10-2)53-117-73-25-17-61(18-26-73)85-77-33-35-79(97-77)86(62-19-27-74(28-20-62)118-54-58-43-67(91(103)111-11-3)50-68(44-58)92(104)112-12-4)81-37-39-83(99-81)88(64-23-31-76(32-24-64)120-56-60-47-71(95(107)115-15-7)52-72(48-60)96(108)116-16-8)84-40-38-82(100-84)87(80-36-34-78(85)98-80)63-21-29-75(30-22-63)119-55-59-45-69(93(105)113-13-5)51-70(46-59)94(106)114-14-6/h17-52,97,100H,9-16,53-56H2,1-8H3. The summed E-state index contributed by atoms with van der Waals surface area (Å²) in [6.07, 6.45) is 7.83. The van der Waals surface area contributed by atoms with Gasteiger partial charge in [-0.25, -0.2) is 48.3 Å². The summed E-state index contributed by atoms with van der Waals surface area (Å²) >= 11 is 0. The molecule has 24 heteroatoms. The molecule has 8 bridgehead atoms. The average Bonchev–Trinajstić information content (AvgIpc) is 1.61. The van der Waals surface area contributed by atoms with Crippen molar-refractivity contribution in [1.82, 2.24) is 19.9 Å². The Morgan fingerprint density at radius 2 is 0.400 bits per heavy atom. The molecule has 610 valence electrons. The summed E-state index contributed by atoms with van der Waals surface area (Å²) in [4.78, 5) is 123. The molecule has 0 aliphatic carbocycles. The molecule has 8 aromatic carbocycles. The van der Waals surface area contributed by atoms with E-state index in [1.165, 1.54) is 24.3 Å². The third kappa shape index (κ3) is 19.9. The zero-order chi connectivity index (χ0) is 84.3. The van der Waals surface area contributed by atoms with Crippen molar-refractivity contribution in [2.75, 3.05) is 52.9 Å². The molecule has 0 fully saturated rings. The fourth-order valence-corrected chi connectivity index (χ4v) is 13.7. The molecule has 0 spiro atoms. The molecule has 2 aliphatic rings. The Hall–Kier alpha value is -14.7. The number of rotatable bonds is 32. The van der Waals surface area contributed by atoms with Crippen molar-refractivity contribution in [3.63, 3.8) is 0 Å². The van der Waals surface area contributed by atoms with Crippen molar-refractivity contribution < 1.29 is 95.2 Å². The number of ether oxygens (including phenoxy) is 12. The van der Waals surface area contributed by atoms with Crippen molar-refractivity contribution in [3.8, 4) is 67.5 Å². The third-order valence-electron chi connectivity index (χ3n) is 19.0. The highest BCUT2D eigenvalue weighted by Gasteiger charge is 2.25. The second-order valence-electron chi connectivity index (χ2n) is 27.2. The van der Waals surface area contributed by atoms with Crippen LogP contribution < -0.4 is 18.9 Å². The van der Waals surface area contributed by atoms with Crippen LogP contribution in [0.4, 0.5) is 0 Å². The van der Waals surface area contributed by atoms with E-state index in [2.05, 4.69) is 9.97 Å². The van der Waals surface area contributed by atoms with Crippen LogP contribution in [-0.2, 0) is 64.3 Å². The molecular formula is C96H86N4O20. The van der Waals surface area contributed by atoms with Crippen LogP contribution in [0.2, 0.25) is 0 Å². The van der Waals surface area contributed by atoms with Crippen LogP contribution in [0.25, 0.3) is 90.9 Å². The monoisotopic (exact) mass is 1610 g/mol. The molecule has 13 rings (SSSR count). The Morgan fingerprint density at radius 3 is 0.558 bits per heavy atom. The van der Waals surface area contributed by atoms with Crippen molar-refractivity contribution in [2.24, 2.45) is 0 Å². The lowest BCUT2D eigenvalue weighted by Crippen LogP contribution is -2.11. The number of nitrogens with zero attached hydrogens (tertiary/aromatic N) is 2. The Balaban J connectivity index is 0.957. The van der Waals surface area contributed by atoms with E-state index in [1.807, 2.05) is 146 Å². The number of benzene rings is 8. The molecule has 0 amide bonds. The molecule has 2 N–H and O–H groups in total. The van der Waals surface area contributed by atoms with Gasteiger partial charge in [-0.1, -0.05) is 48.5 Å². The summed E-state index contributed by atoms with van der Waals surface area (Å²) in [5.74, 6) is -2.88. The lowest BCUT2D eigenvalue weighted by atomic mass is 10.0. The van der Waals surface area contributed by atoms with E-state index in [-0.39, 0.29) is 124 Å². The molecule has 0 unspecified atom stereocenters. The first-order chi connectivity index (χ1) is 58.3. The van der Waals surface area contributed by atoms with Gasteiger partial charge in [-0.15, -0.1) is 0 Å². The van der Waals surface area contributed by atoms with Gasteiger partial charge in [0.15, 0.2) is 0 Å². The van der Waals surface area contributed by atoms with E-state index in [0.717, 1.165) is 22.3 Å². The van der Waals surface area contributed by atoms with Gasteiger partial charge in [0.05, 0.1) is 120 Å². The molecular weight excluding hydrogens is 1530 g/mol. The maximum absolute atomic E-state index is 13.1. The Bertz CT molecular complexity index is 5100. The Labute approximate surface area is 691 Å². The molecule has 120 heavy (non-hydrogen) atoms. The number of hydrogen-bond donors (Lipinski definition) is 2. The third-order valence-corrected chi connectivity index (χ3v) is 19.0. The summed E-state index contributed by atoms with van der Waals surface area (Å²) in [5.41, 5.74) is 14.3. The number of carbonyl (C=O) groups is 8. The van der Waals surface area contributed by atoms with Gasteiger partial charge in [0.1, 0.15) is 49.4 Å². The smallest absolute Gasteiger partial charge is 0.338 e. The quantitative estimate of drug-likeness (QED) is 0.0292. The normalized spacial score (nSPS) is 11.3. The molecule has 0 atom stereocenters. The molecule has 3 aromatic heterocycles. The summed E-state index contributed by atoms with van der Waals surface area (Å²) in [6, 6.07) is 56.7. The van der Waals surface area contributed by atoms with Crippen LogP contribution in [-0.4, -0.2) is 121 Å². The number of carbonyl (C=O) groups excluding carboxylic acids is 8. The molecule has 0 saturated heterocycles. The lowest BCUT2D eigenvalue weighted by Gasteiger charge is -2.12. The Morgan fingerprint density at radius 1 is 0.233 bits per heavy atom. The number of nitrogens with one attached hydrogen (secondary N) is 2. The molecule has 24 nitrogen and oxygen atoms in total. The van der Waals surface area contributed by atoms with Crippen molar-refractivity contribution in [2.45, 2.75) is 81.8 Å². The number of aromatic nitrogens is 4. The fourth-order valence-electron chi connectivity index (χ4n) is 13.7. The Kier molecular flexibility index (Phi) is 27.0. The van der Waals surface area contributed by atoms with Crippen LogP contribution in [0.3, 0.4) is 0 Å². The zero-order valence-electron chi connectivity index (χ0n) is 67.3. The average molecular weight is 1620 g/mol. The van der Waals surface area contributed by atoms with Gasteiger partial charge in [0, 0.05) is 44.3 Å². The van der Waals surface area contributed by atoms with Crippen molar-refractivity contribution in [1.29, 1.82) is 0 Å². The fraction of sp³-hybridized carbons (Fsp3) is 0.208. The summed E-state index contributed by atoms with van der Waals surface area (Å²) in [7, 11) is 0. The number of H-pyrrole nitrogens is 2. The van der Waals surface area contributed by atoms with Gasteiger partial charge < -0.3 is 66.8 Å². The van der Waals surface area contributed by atoms with E-state index < -0.39 is 47.8 Å². The predicted molar refractivity (Wildman–Crippen MR) is 451 cm³/mol. The van der Waals surface area contributed by atoms with Crippen molar-refractivity contribution in [3.05, 3.63) is 284 Å². The van der Waals surface area contributed by atoms with E-state index in [9.17, 15) is 38.4 Å². The number of esters is 8. The number of hydrogen-bond acceptors (Lipinski definition) is 22. The first kappa shape index (κ1) is 83.3. The second kappa shape index (κ2) is 38.8. The van der Waals surface area contributed by atoms with Crippen molar-refractivity contribution >= 4 is 94.1 Å². The maximum Gasteiger partial charge on any atom is 0.338 e. The predicted octanol–water partition coefficient (Wildman–Crippen LogP) is 19.1. The summed E-state index contributed by atoms with van der Waals surface area (Å²) in [6.45, 7) is 14.6. The highest BCUT2D eigenvalue weighted by Crippen LogP contribution is 2.41. The topological polar surface area (TPSA) is 305 Å². The summed E-state index contributed by atoms with van der Waals surface area (Å²) < 4.78 is 68.1. The largest absolute Gasteiger partial charge is 0.489 e. The molecule has 2 aliphatic heterocycles. The van der Waals surface area contributed by atoms with E-state index >= 15 is 0 Å². The van der Waals surface area contributed by atoms with E-state index in [0.29, 0.717) is 112 Å². The number of fused-ring (bicyclic) bond motifs is 8. The minimum Gasteiger partial charge on any atom is -0.489 e. The van der Waals surface area contributed by atoms with Crippen LogP contribution in [0, 0.1) is 0 Å². The first-order valence-corrected chi connectivity index (χ1v) is 39.4. The molecule has 0 saturated carbocycles. The van der Waals surface area contributed by atoms with Crippen LogP contribution in [0.1, 0.15) is 183 Å². The lowest BCUT2D eigenvalue weighted by molar-refractivity contribution is 0.0505. The van der Waals surface area contributed by atoms with Gasteiger partial charge in [-0.3, -0.25) is 0 Å². The van der Waals surface area contributed by atoms with Gasteiger partial charge in [-0.05, 0) is 270 Å². The molecule has 5 heterocycles. The van der Waals surface area contributed by atoms with Gasteiger partial charge in [0.25, 0.3) is 0 Å². The maximum atomic E-state index is 13.1. The zero-order valence-corrected chi connectivity index (χ0v) is 67.3. The number of aromatic amines is 2. The second-order valence-corrected chi connectivity index (χ2v) is 27.2. The summed E-state index contributed by atoms with van der Waals surface area (Å²) in [5, 5.41) is 0. The SMILES string of the molecule is CCOC(=O)c1cc(COc2ccc(-c3c4nc(c(-c5ccc(OCc6cc(C(=O)OCC)cc(C(=O)OCC)c6)cc5)c5ccc([nH]5)c(-c5ccc(OCc6cc(C(=O)OCC)cc(C(=O)OCC)c6)cc5)c5nc(c(-c6ccc(OCc7cc(C(=O)OCC)cc(C(=O)OCC)c7)cc6)c6ccc3[nH]6)C=C5)C=C4)cc2)cc(C(=O)OCC)c1. The molecule has 11 aromatic rings. The van der Waals surface area contributed by atoms with Gasteiger partial charge in [0.2, 0.25) is 0 Å². The highest BCUT2D eigenvalue weighted by atomic mass is 16.6. The van der Waals surface area contributed by atoms with Gasteiger partial charge >= 0.3 is 47.8 Å². The first-order valence-electron chi connectivity index (χ1n) is 39.4. The minimum absolute atomic E-state index is 0.0226. The van der Waals surface area contributed by atoms with Crippen LogP contribution >= 0.6 is 0 Å². The van der Waals surface area contributed by atoms with E-state index in [1.54, 1.807) is 104 Å². The van der Waals surface area contributed by atoms with E-state index in [4.69, 9.17) is 66.8 Å². The molecule has 0 radical (unpaired) electrons. The van der Waals surface area contributed by atoms with Gasteiger partial charge in [-0.2, -0.15) is 0 Å². The minimum atomic E-state index is -0.598.